The lowest BCUT2D eigenvalue weighted by atomic mass is 10.1. The normalized spacial score (nSPS) is 11.4. The largest absolute Gasteiger partial charge is 0.276 e. The van der Waals surface area contributed by atoms with Gasteiger partial charge in [-0.05, 0) is 59.1 Å². The fourth-order valence-corrected chi connectivity index (χ4v) is 3.26. The van der Waals surface area contributed by atoms with Crippen LogP contribution in [0, 0.1) is 13.8 Å². The van der Waals surface area contributed by atoms with Gasteiger partial charge in [0, 0.05) is 10.7 Å². The molecule has 20 heavy (non-hydrogen) atoms. The van der Waals surface area contributed by atoms with Gasteiger partial charge in [0.25, 0.3) is 10.0 Å². The van der Waals surface area contributed by atoms with Crippen molar-refractivity contribution in [1.29, 1.82) is 0 Å². The molecule has 0 aliphatic carbocycles. The minimum absolute atomic E-state index is 0.0978. The maximum atomic E-state index is 12.3. The number of hydrogen-bond donors (Lipinski definition) is 1. The van der Waals surface area contributed by atoms with Gasteiger partial charge in [0.1, 0.15) is 0 Å². The highest BCUT2D eigenvalue weighted by atomic mass is 79.9. The smallest absolute Gasteiger partial charge is 0.262 e. The summed E-state index contributed by atoms with van der Waals surface area (Å²) in [6, 6.07) is 6.51. The van der Waals surface area contributed by atoms with Gasteiger partial charge in [-0.2, -0.15) is 0 Å². The summed E-state index contributed by atoms with van der Waals surface area (Å²) < 4.78 is 27.7. The number of benzene rings is 1. The van der Waals surface area contributed by atoms with Gasteiger partial charge in [-0.25, -0.2) is 13.4 Å². The van der Waals surface area contributed by atoms with E-state index in [0.717, 1.165) is 11.1 Å². The van der Waals surface area contributed by atoms with E-state index < -0.39 is 10.0 Å². The van der Waals surface area contributed by atoms with Crippen LogP contribution in [0.3, 0.4) is 0 Å². The minimum Gasteiger partial charge on any atom is -0.276 e. The number of aromatic nitrogens is 1. The van der Waals surface area contributed by atoms with Crippen LogP contribution in [0.5, 0.6) is 0 Å². The van der Waals surface area contributed by atoms with Gasteiger partial charge in [-0.1, -0.05) is 17.7 Å². The van der Waals surface area contributed by atoms with E-state index in [0.29, 0.717) is 4.47 Å². The first-order valence-electron chi connectivity index (χ1n) is 5.71. The summed E-state index contributed by atoms with van der Waals surface area (Å²) in [6.45, 7) is 3.79. The van der Waals surface area contributed by atoms with Gasteiger partial charge in [-0.15, -0.1) is 0 Å². The van der Waals surface area contributed by atoms with Gasteiger partial charge in [0.05, 0.1) is 10.6 Å². The second kappa shape index (κ2) is 5.71. The summed E-state index contributed by atoms with van der Waals surface area (Å²) in [7, 11) is -3.69. The Morgan fingerprint density at radius 1 is 1.20 bits per heavy atom. The monoisotopic (exact) mass is 374 g/mol. The molecule has 2 aromatic rings. The van der Waals surface area contributed by atoms with Crippen LogP contribution in [-0.4, -0.2) is 13.4 Å². The minimum atomic E-state index is -3.69. The highest BCUT2D eigenvalue weighted by Gasteiger charge is 2.17. The third-order valence-electron chi connectivity index (χ3n) is 2.84. The molecule has 106 valence electrons. The van der Waals surface area contributed by atoms with Gasteiger partial charge >= 0.3 is 0 Å². The Balaban J connectivity index is 2.40. The van der Waals surface area contributed by atoms with Gasteiger partial charge in [0.2, 0.25) is 0 Å². The van der Waals surface area contributed by atoms with Crippen LogP contribution in [-0.2, 0) is 10.0 Å². The molecule has 0 fully saturated rings. The highest BCUT2D eigenvalue weighted by Crippen LogP contribution is 2.26. The molecule has 1 heterocycles. The quantitative estimate of drug-likeness (QED) is 0.827. The van der Waals surface area contributed by atoms with E-state index in [2.05, 4.69) is 25.6 Å². The average molecular weight is 376 g/mol. The van der Waals surface area contributed by atoms with Crippen molar-refractivity contribution in [3.63, 3.8) is 0 Å². The van der Waals surface area contributed by atoms with E-state index in [1.807, 2.05) is 13.8 Å². The second-order valence-corrected chi connectivity index (χ2v) is 7.30. The first-order chi connectivity index (χ1) is 9.29. The lowest BCUT2D eigenvalue weighted by molar-refractivity contribution is 0.601. The number of anilines is 1. The third kappa shape index (κ3) is 3.31. The maximum absolute atomic E-state index is 12.3. The maximum Gasteiger partial charge on any atom is 0.262 e. The lowest BCUT2D eigenvalue weighted by Gasteiger charge is -2.10. The van der Waals surface area contributed by atoms with Crippen LogP contribution in [0.15, 0.2) is 39.8 Å². The van der Waals surface area contributed by atoms with Crippen LogP contribution in [0.2, 0.25) is 5.15 Å². The Morgan fingerprint density at radius 3 is 2.55 bits per heavy atom. The number of rotatable bonds is 3. The molecule has 0 amide bonds. The summed E-state index contributed by atoms with van der Waals surface area (Å²) in [6.07, 6.45) is 1.50. The fourth-order valence-electron chi connectivity index (χ4n) is 1.58. The average Bonchev–Trinajstić information content (AvgIpc) is 2.36. The number of nitrogens with one attached hydrogen (secondary N) is 1. The van der Waals surface area contributed by atoms with Crippen molar-refractivity contribution in [2.75, 3.05) is 4.72 Å². The summed E-state index contributed by atoms with van der Waals surface area (Å²) in [5, 5.41) is 0.0978. The van der Waals surface area contributed by atoms with E-state index >= 15 is 0 Å². The van der Waals surface area contributed by atoms with Crippen molar-refractivity contribution in [1.82, 2.24) is 4.98 Å². The molecule has 0 radical (unpaired) electrons. The Morgan fingerprint density at radius 2 is 1.90 bits per heavy atom. The van der Waals surface area contributed by atoms with Gasteiger partial charge in [0.15, 0.2) is 5.15 Å². The molecule has 0 aliphatic rings. The molecule has 1 N–H and O–H groups in total. The predicted molar refractivity (Wildman–Crippen MR) is 83.7 cm³/mol. The molecule has 0 saturated heterocycles. The Kier molecular flexibility index (Phi) is 4.36. The van der Waals surface area contributed by atoms with Crippen molar-refractivity contribution >= 4 is 43.2 Å². The van der Waals surface area contributed by atoms with Crippen molar-refractivity contribution in [3.8, 4) is 0 Å². The zero-order chi connectivity index (χ0) is 14.9. The van der Waals surface area contributed by atoms with Crippen molar-refractivity contribution in [2.24, 2.45) is 0 Å². The van der Waals surface area contributed by atoms with Gasteiger partial charge < -0.3 is 0 Å². The molecule has 1 aromatic carbocycles. The van der Waals surface area contributed by atoms with Crippen LogP contribution >= 0.6 is 27.5 Å². The Hall–Kier alpha value is -1.11. The fraction of sp³-hybridized carbons (Fsp3) is 0.154. The highest BCUT2D eigenvalue weighted by molar-refractivity contribution is 9.10. The molecule has 2 rings (SSSR count). The number of sulfonamides is 1. The molecule has 0 atom stereocenters. The number of nitrogens with zero attached hydrogens (tertiary/aromatic N) is 1. The Bertz CT molecular complexity index is 763. The van der Waals surface area contributed by atoms with E-state index in [4.69, 9.17) is 11.6 Å². The molecule has 0 unspecified atom stereocenters. The van der Waals surface area contributed by atoms with E-state index in [1.165, 1.54) is 6.20 Å². The number of aryl methyl sites for hydroxylation is 2. The number of hydrogen-bond acceptors (Lipinski definition) is 3. The molecule has 1 aromatic heterocycles. The number of halogens is 2. The zero-order valence-corrected chi connectivity index (χ0v) is 14.0. The Labute approximate surface area is 131 Å². The van der Waals surface area contributed by atoms with Crippen molar-refractivity contribution < 1.29 is 8.42 Å². The predicted octanol–water partition coefficient (Wildman–Crippen LogP) is 3.92. The van der Waals surface area contributed by atoms with E-state index in [9.17, 15) is 8.42 Å². The molecule has 0 aliphatic heterocycles. The van der Waals surface area contributed by atoms with Gasteiger partial charge in [-0.3, -0.25) is 4.72 Å². The standard InChI is InChI=1S/C13H12BrClN2O2S/c1-8-3-4-11(5-9(8)2)20(18,19)17-12-6-10(14)7-16-13(12)15/h3-7,17H,1-2H3. The summed E-state index contributed by atoms with van der Waals surface area (Å²) >= 11 is 9.11. The zero-order valence-electron chi connectivity index (χ0n) is 10.8. The molecule has 0 bridgehead atoms. The molecule has 4 nitrogen and oxygen atoms in total. The third-order valence-corrected chi connectivity index (χ3v) is 4.94. The van der Waals surface area contributed by atoms with E-state index in [-0.39, 0.29) is 15.7 Å². The first kappa shape index (κ1) is 15.3. The molecule has 0 saturated carbocycles. The van der Waals surface area contributed by atoms with Crippen LogP contribution < -0.4 is 4.72 Å². The molecule has 7 heteroatoms. The molecular formula is C13H12BrClN2O2S. The van der Waals surface area contributed by atoms with Crippen LogP contribution in [0.1, 0.15) is 11.1 Å². The topological polar surface area (TPSA) is 59.1 Å². The van der Waals surface area contributed by atoms with Crippen molar-refractivity contribution in [2.45, 2.75) is 18.7 Å². The molecular weight excluding hydrogens is 364 g/mol. The SMILES string of the molecule is Cc1ccc(S(=O)(=O)Nc2cc(Br)cnc2Cl)cc1C. The molecule has 0 spiro atoms. The summed E-state index contributed by atoms with van der Waals surface area (Å²) in [5.41, 5.74) is 2.18. The van der Waals surface area contributed by atoms with Crippen LogP contribution in [0.25, 0.3) is 0 Å². The first-order valence-corrected chi connectivity index (χ1v) is 8.36. The van der Waals surface area contributed by atoms with E-state index in [1.54, 1.807) is 24.3 Å². The van der Waals surface area contributed by atoms with Crippen LogP contribution in [0.4, 0.5) is 5.69 Å². The lowest BCUT2D eigenvalue weighted by Crippen LogP contribution is -2.14. The summed E-state index contributed by atoms with van der Waals surface area (Å²) in [5.74, 6) is 0. The van der Waals surface area contributed by atoms with Crippen molar-refractivity contribution in [3.05, 3.63) is 51.2 Å². The summed E-state index contributed by atoms with van der Waals surface area (Å²) in [4.78, 5) is 4.07. The number of pyridine rings is 1. The second-order valence-electron chi connectivity index (χ2n) is 4.34.